The van der Waals surface area contributed by atoms with Gasteiger partial charge in [-0.3, -0.25) is 14.9 Å². The second-order valence-corrected chi connectivity index (χ2v) is 5.43. The Morgan fingerprint density at radius 2 is 2.04 bits per heavy atom. The molecule has 2 aromatic rings. The number of hydrogen-bond acceptors (Lipinski definition) is 5. The monoisotopic (exact) mass is 328 g/mol. The number of hydrogen-bond donors (Lipinski definition) is 2. The van der Waals surface area contributed by atoms with Crippen molar-refractivity contribution < 1.29 is 14.4 Å². The summed E-state index contributed by atoms with van der Waals surface area (Å²) in [6.45, 7) is 0.258. The van der Waals surface area contributed by atoms with Crippen molar-refractivity contribution in [3.63, 3.8) is 0 Å². The van der Waals surface area contributed by atoms with Crippen LogP contribution in [-0.4, -0.2) is 50.8 Å². The highest BCUT2D eigenvalue weighted by atomic mass is 16.2. The third kappa shape index (κ3) is 3.40. The largest absolute Gasteiger partial charge is 0.340 e. The van der Waals surface area contributed by atoms with Gasteiger partial charge in [0.05, 0.1) is 24.8 Å². The second-order valence-electron chi connectivity index (χ2n) is 5.43. The van der Waals surface area contributed by atoms with Gasteiger partial charge in [-0.15, -0.1) is 0 Å². The summed E-state index contributed by atoms with van der Waals surface area (Å²) in [4.78, 5) is 37.6. The maximum absolute atomic E-state index is 12.2. The lowest BCUT2D eigenvalue weighted by Gasteiger charge is -2.17. The Hall–Kier alpha value is -3.23. The van der Waals surface area contributed by atoms with Gasteiger partial charge in [0.2, 0.25) is 5.91 Å². The summed E-state index contributed by atoms with van der Waals surface area (Å²) in [5.41, 5.74) is 1.44. The third-order valence-electron chi connectivity index (χ3n) is 3.59. The molecular weight excluding hydrogens is 312 g/mol. The number of rotatable bonds is 5. The molecule has 1 saturated heterocycles. The van der Waals surface area contributed by atoms with Gasteiger partial charge in [-0.05, 0) is 12.1 Å². The minimum Gasteiger partial charge on any atom is -0.340 e. The van der Waals surface area contributed by atoms with Gasteiger partial charge in [0.1, 0.15) is 11.7 Å². The summed E-state index contributed by atoms with van der Waals surface area (Å²) in [5.74, 6) is -0.761. The van der Waals surface area contributed by atoms with E-state index in [1.165, 1.54) is 9.70 Å². The molecule has 3 rings (SSSR count). The van der Waals surface area contributed by atoms with Crippen LogP contribution in [0, 0.1) is 0 Å². The Morgan fingerprint density at radius 1 is 1.29 bits per heavy atom. The minimum absolute atomic E-state index is 0.0963. The van der Waals surface area contributed by atoms with Crippen LogP contribution < -0.4 is 10.6 Å². The standard InChI is InChI=1S/C15H16N6O3/c1-20(13(22)7-12-14(23)18-15(24)17-12)9-10-8-16-21(19-10)11-5-3-2-4-6-11/h2-6,8,12H,7,9H2,1H3,(H2,17,18,23,24). The molecular formula is C15H16N6O3. The molecule has 1 aromatic heterocycles. The smallest absolute Gasteiger partial charge is 0.322 e. The van der Waals surface area contributed by atoms with Crippen molar-refractivity contribution in [3.05, 3.63) is 42.2 Å². The first-order valence-electron chi connectivity index (χ1n) is 7.35. The van der Waals surface area contributed by atoms with Crippen molar-refractivity contribution >= 4 is 17.8 Å². The number of para-hydroxylation sites is 1. The summed E-state index contributed by atoms with van der Waals surface area (Å²) >= 11 is 0. The number of benzene rings is 1. The molecule has 1 aliphatic rings. The summed E-state index contributed by atoms with van der Waals surface area (Å²) in [6, 6.07) is 8.01. The first kappa shape index (κ1) is 15.7. The number of amides is 4. The van der Waals surface area contributed by atoms with Crippen LogP contribution in [0.4, 0.5) is 4.79 Å². The molecule has 24 heavy (non-hydrogen) atoms. The van der Waals surface area contributed by atoms with Gasteiger partial charge >= 0.3 is 6.03 Å². The maximum atomic E-state index is 12.2. The Kier molecular flexibility index (Phi) is 4.23. The van der Waals surface area contributed by atoms with Crippen molar-refractivity contribution in [1.29, 1.82) is 0 Å². The lowest BCUT2D eigenvalue weighted by Crippen LogP contribution is -2.37. The number of urea groups is 1. The van der Waals surface area contributed by atoms with E-state index in [-0.39, 0.29) is 18.9 Å². The van der Waals surface area contributed by atoms with E-state index in [4.69, 9.17) is 0 Å². The second kappa shape index (κ2) is 6.49. The predicted octanol–water partition coefficient (Wildman–Crippen LogP) is -0.176. The van der Waals surface area contributed by atoms with E-state index < -0.39 is 18.0 Å². The number of nitrogens with one attached hydrogen (secondary N) is 2. The molecule has 124 valence electrons. The lowest BCUT2D eigenvalue weighted by molar-refractivity contribution is -0.133. The fourth-order valence-corrected chi connectivity index (χ4v) is 2.32. The number of aromatic nitrogens is 3. The summed E-state index contributed by atoms with van der Waals surface area (Å²) in [6.07, 6.45) is 1.49. The van der Waals surface area contributed by atoms with Gasteiger partial charge in [0.25, 0.3) is 5.91 Å². The first-order valence-corrected chi connectivity index (χ1v) is 7.35. The van der Waals surface area contributed by atoms with Crippen LogP contribution in [0.15, 0.2) is 36.5 Å². The first-order chi connectivity index (χ1) is 11.5. The van der Waals surface area contributed by atoms with Gasteiger partial charge in [0.15, 0.2) is 0 Å². The topological polar surface area (TPSA) is 109 Å². The Bertz CT molecular complexity index is 773. The molecule has 1 aliphatic heterocycles. The van der Waals surface area contributed by atoms with Crippen molar-refractivity contribution in [1.82, 2.24) is 30.5 Å². The highest BCUT2D eigenvalue weighted by Crippen LogP contribution is 2.08. The summed E-state index contributed by atoms with van der Waals surface area (Å²) in [7, 11) is 1.61. The molecule has 1 fully saturated rings. The molecule has 0 bridgehead atoms. The molecule has 4 amide bonds. The SMILES string of the molecule is CN(Cc1cnn(-c2ccccc2)n1)C(=O)CC1NC(=O)NC1=O. The molecule has 2 heterocycles. The van der Waals surface area contributed by atoms with E-state index in [2.05, 4.69) is 20.8 Å². The Labute approximate surface area is 137 Å². The maximum Gasteiger partial charge on any atom is 0.322 e. The van der Waals surface area contributed by atoms with Crippen LogP contribution >= 0.6 is 0 Å². The van der Waals surface area contributed by atoms with Crippen molar-refractivity contribution in [2.24, 2.45) is 0 Å². The van der Waals surface area contributed by atoms with Crippen molar-refractivity contribution in [3.8, 4) is 5.69 Å². The van der Waals surface area contributed by atoms with Crippen LogP contribution in [-0.2, 0) is 16.1 Å². The molecule has 2 N–H and O–H groups in total. The number of nitrogens with zero attached hydrogens (tertiary/aromatic N) is 4. The van der Waals surface area contributed by atoms with Gasteiger partial charge in [-0.1, -0.05) is 18.2 Å². The van der Waals surface area contributed by atoms with E-state index in [9.17, 15) is 14.4 Å². The van der Waals surface area contributed by atoms with Gasteiger partial charge in [-0.2, -0.15) is 15.0 Å². The van der Waals surface area contributed by atoms with Crippen LogP contribution in [0.2, 0.25) is 0 Å². The van der Waals surface area contributed by atoms with Crippen molar-refractivity contribution in [2.45, 2.75) is 19.0 Å². The minimum atomic E-state index is -0.826. The molecule has 1 unspecified atom stereocenters. The van der Waals surface area contributed by atoms with E-state index in [0.29, 0.717) is 5.69 Å². The normalized spacial score (nSPS) is 16.6. The summed E-state index contributed by atoms with van der Waals surface area (Å²) < 4.78 is 0. The highest BCUT2D eigenvalue weighted by molar-refractivity contribution is 6.05. The zero-order chi connectivity index (χ0) is 17.1. The van der Waals surface area contributed by atoms with Crippen LogP contribution in [0.5, 0.6) is 0 Å². The molecule has 0 spiro atoms. The van der Waals surface area contributed by atoms with E-state index in [1.807, 2.05) is 30.3 Å². The fraction of sp³-hybridized carbons (Fsp3) is 0.267. The average molecular weight is 328 g/mol. The summed E-state index contributed by atoms with van der Waals surface area (Å²) in [5, 5.41) is 13.0. The van der Waals surface area contributed by atoms with Crippen LogP contribution in [0.1, 0.15) is 12.1 Å². The van der Waals surface area contributed by atoms with Gasteiger partial charge < -0.3 is 10.2 Å². The molecule has 1 aromatic carbocycles. The Balaban J connectivity index is 1.59. The zero-order valence-corrected chi connectivity index (χ0v) is 13.0. The fourth-order valence-electron chi connectivity index (χ4n) is 2.32. The predicted molar refractivity (Wildman–Crippen MR) is 82.9 cm³/mol. The van der Waals surface area contributed by atoms with Crippen LogP contribution in [0.25, 0.3) is 5.69 Å². The van der Waals surface area contributed by atoms with E-state index in [1.54, 1.807) is 13.2 Å². The highest BCUT2D eigenvalue weighted by Gasteiger charge is 2.32. The number of carbonyl (C=O) groups is 3. The van der Waals surface area contributed by atoms with E-state index >= 15 is 0 Å². The number of imide groups is 1. The number of carbonyl (C=O) groups excluding carboxylic acids is 3. The molecule has 9 heteroatoms. The van der Waals surface area contributed by atoms with E-state index in [0.717, 1.165) is 5.69 Å². The zero-order valence-electron chi connectivity index (χ0n) is 13.0. The lowest BCUT2D eigenvalue weighted by atomic mass is 10.2. The molecule has 0 saturated carbocycles. The quantitative estimate of drug-likeness (QED) is 0.740. The molecule has 0 aliphatic carbocycles. The van der Waals surface area contributed by atoms with Gasteiger partial charge in [-0.25, -0.2) is 4.79 Å². The van der Waals surface area contributed by atoms with Crippen LogP contribution in [0.3, 0.4) is 0 Å². The average Bonchev–Trinajstić information content (AvgIpc) is 3.15. The third-order valence-corrected chi connectivity index (χ3v) is 3.59. The molecule has 0 radical (unpaired) electrons. The molecule has 9 nitrogen and oxygen atoms in total. The van der Waals surface area contributed by atoms with Gasteiger partial charge in [0, 0.05) is 7.05 Å². The molecule has 1 atom stereocenters. The van der Waals surface area contributed by atoms with Crippen molar-refractivity contribution in [2.75, 3.05) is 7.05 Å². The Morgan fingerprint density at radius 3 is 2.71 bits per heavy atom.